The molecule has 1 amide bonds. The normalized spacial score (nSPS) is 20.3. The van der Waals surface area contributed by atoms with Crippen LogP contribution in [0.5, 0.6) is 0 Å². The van der Waals surface area contributed by atoms with Gasteiger partial charge in [-0.25, -0.2) is 4.98 Å². The Bertz CT molecular complexity index is 469. The van der Waals surface area contributed by atoms with Crippen molar-refractivity contribution >= 4 is 42.1 Å². The molecule has 0 aromatic carbocycles. The van der Waals surface area contributed by atoms with Crippen molar-refractivity contribution in [2.75, 3.05) is 26.7 Å². The van der Waals surface area contributed by atoms with E-state index in [0.717, 1.165) is 24.4 Å². The number of thiazole rings is 1. The van der Waals surface area contributed by atoms with E-state index in [1.165, 1.54) is 23.4 Å². The lowest BCUT2D eigenvalue weighted by molar-refractivity contribution is -0.144. The van der Waals surface area contributed by atoms with E-state index in [0.29, 0.717) is 19.7 Å². The average Bonchev–Trinajstić information content (AvgIpc) is 2.89. The summed E-state index contributed by atoms with van der Waals surface area (Å²) < 4.78 is 5.51. The fourth-order valence-corrected chi connectivity index (χ4v) is 3.93. The standard InChI is InChI=1S/C14H21N3O2S.2ClH/c1-17(14(18)11-8-15-6-7-19-11)9-13-16-10-4-2-3-5-12(10)20-13;;/h11,15H,2-9H2,1H3;2*1H. The Balaban J connectivity index is 0.00000121. The maximum absolute atomic E-state index is 12.3. The van der Waals surface area contributed by atoms with E-state index in [1.807, 2.05) is 7.05 Å². The summed E-state index contributed by atoms with van der Waals surface area (Å²) in [6.07, 6.45) is 4.42. The third kappa shape index (κ3) is 4.55. The predicted molar refractivity (Wildman–Crippen MR) is 92.3 cm³/mol. The summed E-state index contributed by atoms with van der Waals surface area (Å²) >= 11 is 1.77. The molecule has 1 fully saturated rings. The van der Waals surface area contributed by atoms with Gasteiger partial charge in [0, 0.05) is 25.0 Å². The average molecular weight is 368 g/mol. The number of ether oxygens (including phenoxy) is 1. The van der Waals surface area contributed by atoms with Gasteiger partial charge in [0.15, 0.2) is 0 Å². The molecule has 1 unspecified atom stereocenters. The zero-order chi connectivity index (χ0) is 13.9. The second-order valence-electron chi connectivity index (χ2n) is 5.44. The number of nitrogens with zero attached hydrogens (tertiary/aromatic N) is 2. The first kappa shape index (κ1) is 19.6. The summed E-state index contributed by atoms with van der Waals surface area (Å²) in [7, 11) is 1.83. The van der Waals surface area contributed by atoms with Crippen LogP contribution in [0.15, 0.2) is 0 Å². The van der Waals surface area contributed by atoms with Crippen LogP contribution in [-0.2, 0) is 28.9 Å². The van der Waals surface area contributed by atoms with E-state index in [2.05, 4.69) is 10.3 Å². The monoisotopic (exact) mass is 367 g/mol. The quantitative estimate of drug-likeness (QED) is 0.884. The molecule has 1 aliphatic carbocycles. The number of fused-ring (bicyclic) bond motifs is 1. The molecular weight excluding hydrogens is 345 g/mol. The number of rotatable bonds is 3. The van der Waals surface area contributed by atoms with Crippen LogP contribution in [0.3, 0.4) is 0 Å². The van der Waals surface area contributed by atoms with Gasteiger partial charge >= 0.3 is 0 Å². The highest BCUT2D eigenvalue weighted by Crippen LogP contribution is 2.27. The van der Waals surface area contributed by atoms with Crippen molar-refractivity contribution < 1.29 is 9.53 Å². The third-order valence-corrected chi connectivity index (χ3v) is 4.98. The van der Waals surface area contributed by atoms with E-state index >= 15 is 0 Å². The smallest absolute Gasteiger partial charge is 0.253 e. The van der Waals surface area contributed by atoms with Gasteiger partial charge in [-0.05, 0) is 25.7 Å². The van der Waals surface area contributed by atoms with Gasteiger partial charge in [-0.3, -0.25) is 4.79 Å². The number of aryl methyl sites for hydroxylation is 2. The fraction of sp³-hybridized carbons (Fsp3) is 0.714. The van der Waals surface area contributed by atoms with Gasteiger partial charge in [0.25, 0.3) is 5.91 Å². The van der Waals surface area contributed by atoms with Crippen molar-refractivity contribution in [1.29, 1.82) is 0 Å². The highest BCUT2D eigenvalue weighted by Gasteiger charge is 2.26. The van der Waals surface area contributed by atoms with Crippen molar-refractivity contribution in [2.24, 2.45) is 0 Å². The largest absolute Gasteiger partial charge is 0.366 e. The molecule has 1 atom stereocenters. The van der Waals surface area contributed by atoms with Crippen LogP contribution in [0.2, 0.25) is 0 Å². The lowest BCUT2D eigenvalue weighted by Crippen LogP contribution is -2.48. The summed E-state index contributed by atoms with van der Waals surface area (Å²) in [6.45, 7) is 2.64. The molecule has 0 saturated carbocycles. The van der Waals surface area contributed by atoms with Crippen molar-refractivity contribution in [3.05, 3.63) is 15.6 Å². The van der Waals surface area contributed by atoms with E-state index in [-0.39, 0.29) is 36.8 Å². The van der Waals surface area contributed by atoms with Gasteiger partial charge in [0.1, 0.15) is 11.1 Å². The zero-order valence-electron chi connectivity index (χ0n) is 12.7. The van der Waals surface area contributed by atoms with Crippen LogP contribution in [0, 0.1) is 0 Å². The first-order valence-electron chi connectivity index (χ1n) is 7.29. The summed E-state index contributed by atoms with van der Waals surface area (Å²) in [5.41, 5.74) is 1.26. The molecule has 3 rings (SSSR count). The second-order valence-corrected chi connectivity index (χ2v) is 6.61. The molecule has 0 radical (unpaired) electrons. The molecule has 1 aliphatic heterocycles. The minimum atomic E-state index is -0.344. The van der Waals surface area contributed by atoms with Gasteiger partial charge in [-0.1, -0.05) is 0 Å². The summed E-state index contributed by atoms with van der Waals surface area (Å²) in [5, 5.41) is 4.24. The SMILES string of the molecule is CN(Cc1nc2c(s1)CCCC2)C(=O)C1CNCCO1.Cl.Cl. The van der Waals surface area contributed by atoms with E-state index in [4.69, 9.17) is 4.74 Å². The molecule has 1 aromatic heterocycles. The van der Waals surface area contributed by atoms with Crippen LogP contribution >= 0.6 is 36.2 Å². The number of carbonyl (C=O) groups is 1. The molecular formula is C14H23Cl2N3O2S. The molecule has 22 heavy (non-hydrogen) atoms. The number of hydrogen-bond donors (Lipinski definition) is 1. The molecule has 8 heteroatoms. The number of morpholine rings is 1. The number of likely N-dealkylation sites (N-methyl/N-ethyl adjacent to an activating group) is 1. The first-order valence-corrected chi connectivity index (χ1v) is 8.10. The van der Waals surface area contributed by atoms with E-state index in [1.54, 1.807) is 16.2 Å². The lowest BCUT2D eigenvalue weighted by atomic mass is 10.0. The predicted octanol–water partition coefficient (Wildman–Crippen LogP) is 1.81. The molecule has 0 spiro atoms. The molecule has 1 aromatic rings. The van der Waals surface area contributed by atoms with E-state index in [9.17, 15) is 4.79 Å². The van der Waals surface area contributed by atoms with Gasteiger partial charge in [0.05, 0.1) is 18.8 Å². The Hall–Kier alpha value is -0.400. The van der Waals surface area contributed by atoms with Crippen molar-refractivity contribution in [3.63, 3.8) is 0 Å². The van der Waals surface area contributed by atoms with Gasteiger partial charge in [0.2, 0.25) is 0 Å². The summed E-state index contributed by atoms with van der Waals surface area (Å²) in [4.78, 5) is 20.1. The number of aromatic nitrogens is 1. The number of halogens is 2. The minimum absolute atomic E-state index is 0. The zero-order valence-corrected chi connectivity index (χ0v) is 15.1. The number of hydrogen-bond acceptors (Lipinski definition) is 5. The van der Waals surface area contributed by atoms with Crippen molar-refractivity contribution in [2.45, 2.75) is 38.3 Å². The van der Waals surface area contributed by atoms with Crippen molar-refractivity contribution in [3.8, 4) is 0 Å². The topological polar surface area (TPSA) is 54.5 Å². The second kappa shape index (κ2) is 9.03. The summed E-state index contributed by atoms with van der Waals surface area (Å²) in [6, 6.07) is 0. The van der Waals surface area contributed by atoms with Crippen molar-refractivity contribution in [1.82, 2.24) is 15.2 Å². The molecule has 126 valence electrons. The lowest BCUT2D eigenvalue weighted by Gasteiger charge is -2.26. The van der Waals surface area contributed by atoms with Gasteiger partial charge in [-0.2, -0.15) is 0 Å². The van der Waals surface area contributed by atoms with Crippen LogP contribution < -0.4 is 5.32 Å². The number of nitrogens with one attached hydrogen (secondary N) is 1. The van der Waals surface area contributed by atoms with Crippen LogP contribution in [-0.4, -0.2) is 48.6 Å². The van der Waals surface area contributed by atoms with Crippen LogP contribution in [0.4, 0.5) is 0 Å². The molecule has 1 saturated heterocycles. The number of carbonyl (C=O) groups excluding carboxylic acids is 1. The Morgan fingerprint density at radius 3 is 2.86 bits per heavy atom. The Kier molecular flexibility index (Phi) is 8.07. The van der Waals surface area contributed by atoms with Crippen LogP contribution in [0.1, 0.15) is 28.4 Å². The Labute approximate surface area is 147 Å². The van der Waals surface area contributed by atoms with Gasteiger partial charge in [-0.15, -0.1) is 36.2 Å². The minimum Gasteiger partial charge on any atom is -0.366 e. The molecule has 0 bridgehead atoms. The first-order chi connectivity index (χ1) is 9.74. The number of amides is 1. The molecule has 1 N–H and O–H groups in total. The molecule has 2 heterocycles. The Morgan fingerprint density at radius 1 is 1.41 bits per heavy atom. The van der Waals surface area contributed by atoms with E-state index < -0.39 is 0 Å². The molecule has 5 nitrogen and oxygen atoms in total. The highest BCUT2D eigenvalue weighted by molar-refractivity contribution is 7.11. The Morgan fingerprint density at radius 2 is 2.18 bits per heavy atom. The maximum atomic E-state index is 12.3. The third-order valence-electron chi connectivity index (χ3n) is 3.84. The summed E-state index contributed by atoms with van der Waals surface area (Å²) in [5.74, 6) is 0.0466. The fourth-order valence-electron chi connectivity index (χ4n) is 2.72. The molecule has 2 aliphatic rings. The van der Waals surface area contributed by atoms with Gasteiger partial charge < -0.3 is 15.0 Å². The maximum Gasteiger partial charge on any atom is 0.253 e. The highest BCUT2D eigenvalue weighted by atomic mass is 35.5. The van der Waals surface area contributed by atoms with Crippen LogP contribution in [0.25, 0.3) is 0 Å².